The summed E-state index contributed by atoms with van der Waals surface area (Å²) in [7, 11) is 4.45. The van der Waals surface area contributed by atoms with E-state index in [-0.39, 0.29) is 23.1 Å². The van der Waals surface area contributed by atoms with Crippen molar-refractivity contribution in [2.75, 3.05) is 14.1 Å². The molecule has 8 atom stereocenters. The molecule has 0 saturated heterocycles. The second kappa shape index (κ2) is 8.42. The quantitative estimate of drug-likeness (QED) is 0.616. The zero-order chi connectivity index (χ0) is 23.4. The maximum Gasteiger partial charge on any atom is 0.247 e. The number of nitrogens with zero attached hydrogens (tertiary/aromatic N) is 1. The van der Waals surface area contributed by atoms with Crippen LogP contribution in [0.4, 0.5) is 0 Å². The third kappa shape index (κ3) is 3.52. The van der Waals surface area contributed by atoms with Crippen molar-refractivity contribution in [3.8, 4) is 0 Å². The zero-order valence-corrected chi connectivity index (χ0v) is 21.3. The zero-order valence-electron chi connectivity index (χ0n) is 21.3. The molecule has 1 amide bonds. The Morgan fingerprint density at radius 2 is 1.88 bits per heavy atom. The van der Waals surface area contributed by atoms with Crippen molar-refractivity contribution < 1.29 is 9.59 Å². The molecule has 0 aliphatic heterocycles. The first kappa shape index (κ1) is 23.7. The van der Waals surface area contributed by atoms with Crippen LogP contribution >= 0.6 is 0 Å². The predicted octanol–water partition coefficient (Wildman–Crippen LogP) is 5.15. The first-order valence-corrected chi connectivity index (χ1v) is 12.9. The highest BCUT2D eigenvalue weighted by molar-refractivity contribution is 6.05. The van der Waals surface area contributed by atoms with Crippen LogP contribution in [0.1, 0.15) is 79.6 Å². The van der Waals surface area contributed by atoms with E-state index < -0.39 is 0 Å². The predicted molar refractivity (Wildman–Crippen MR) is 130 cm³/mol. The summed E-state index contributed by atoms with van der Waals surface area (Å²) in [6, 6.07) is 0.256. The molecule has 0 aromatic carbocycles. The summed E-state index contributed by atoms with van der Waals surface area (Å²) in [5.74, 6) is 2.91. The normalized spacial score (nSPS) is 42.6. The van der Waals surface area contributed by atoms with Crippen LogP contribution in [0, 0.1) is 34.5 Å². The highest BCUT2D eigenvalue weighted by Crippen LogP contribution is 2.66. The van der Waals surface area contributed by atoms with Crippen LogP contribution in [0.3, 0.4) is 0 Å². The van der Waals surface area contributed by atoms with E-state index in [1.807, 2.05) is 19.9 Å². The molecule has 0 bridgehead atoms. The second-order valence-corrected chi connectivity index (χ2v) is 12.0. The molecule has 0 aromatic rings. The monoisotopic (exact) mass is 440 g/mol. The Labute approximate surface area is 195 Å². The van der Waals surface area contributed by atoms with Crippen molar-refractivity contribution in [3.63, 3.8) is 0 Å². The molecule has 0 radical (unpaired) electrons. The number of amides is 1. The van der Waals surface area contributed by atoms with E-state index in [9.17, 15) is 9.59 Å². The van der Waals surface area contributed by atoms with Gasteiger partial charge in [0.05, 0.1) is 6.04 Å². The lowest BCUT2D eigenvalue weighted by Gasteiger charge is -2.58. The van der Waals surface area contributed by atoms with Gasteiger partial charge in [0.25, 0.3) is 0 Å². The number of Topliss-reactive ketones (excluding diaryl/α,β-unsaturated/α-hetero) is 1. The van der Waals surface area contributed by atoms with Gasteiger partial charge in [0, 0.05) is 11.6 Å². The van der Waals surface area contributed by atoms with Crippen molar-refractivity contribution in [2.24, 2.45) is 34.5 Å². The van der Waals surface area contributed by atoms with Crippen LogP contribution in [0.5, 0.6) is 0 Å². The molecular weight excluding hydrogens is 396 g/mol. The summed E-state index contributed by atoms with van der Waals surface area (Å²) in [5, 5.41) is 3.01. The van der Waals surface area contributed by atoms with Crippen molar-refractivity contribution in [3.05, 3.63) is 23.3 Å². The molecule has 3 fully saturated rings. The number of rotatable bonds is 4. The van der Waals surface area contributed by atoms with Crippen LogP contribution in [0.15, 0.2) is 23.3 Å². The highest BCUT2D eigenvalue weighted by Gasteiger charge is 2.60. The van der Waals surface area contributed by atoms with Gasteiger partial charge in [-0.3, -0.25) is 9.59 Å². The summed E-state index contributed by atoms with van der Waals surface area (Å²) in [6.45, 7) is 11.0. The lowest BCUT2D eigenvalue weighted by Crippen LogP contribution is -2.55. The number of hydrogen-bond acceptors (Lipinski definition) is 3. The Morgan fingerprint density at radius 3 is 2.53 bits per heavy atom. The molecule has 4 heteroatoms. The number of allylic oxidation sites excluding steroid dienone is 2. The van der Waals surface area contributed by atoms with E-state index in [1.165, 1.54) is 25.7 Å². The molecule has 4 rings (SSSR count). The summed E-state index contributed by atoms with van der Waals surface area (Å²) >= 11 is 0. The Morgan fingerprint density at radius 1 is 1.16 bits per heavy atom. The topological polar surface area (TPSA) is 49.4 Å². The van der Waals surface area contributed by atoms with Crippen LogP contribution in [-0.2, 0) is 9.59 Å². The van der Waals surface area contributed by atoms with Gasteiger partial charge in [0.2, 0.25) is 5.91 Å². The lowest BCUT2D eigenvalue weighted by molar-refractivity contribution is -0.128. The third-order valence-corrected chi connectivity index (χ3v) is 10.6. The number of ketones is 1. The van der Waals surface area contributed by atoms with Crippen molar-refractivity contribution >= 4 is 11.7 Å². The van der Waals surface area contributed by atoms with E-state index in [0.29, 0.717) is 28.9 Å². The second-order valence-electron chi connectivity index (χ2n) is 12.0. The molecule has 4 aliphatic carbocycles. The minimum atomic E-state index is -0.362. The fourth-order valence-corrected chi connectivity index (χ4v) is 8.29. The fraction of sp³-hybridized carbons (Fsp3) is 0.786. The molecular formula is C28H44N2O2. The summed E-state index contributed by atoms with van der Waals surface area (Å²) in [6.07, 6.45) is 12.1. The van der Waals surface area contributed by atoms with Gasteiger partial charge in [-0.15, -0.1) is 0 Å². The first-order chi connectivity index (χ1) is 15.0. The Balaban J connectivity index is 1.56. The minimum Gasteiger partial charge on any atom is -0.342 e. The molecule has 4 nitrogen and oxygen atoms in total. The van der Waals surface area contributed by atoms with E-state index >= 15 is 0 Å². The molecule has 0 spiro atoms. The van der Waals surface area contributed by atoms with Gasteiger partial charge in [0.15, 0.2) is 5.78 Å². The van der Waals surface area contributed by atoms with Crippen molar-refractivity contribution in [2.45, 2.75) is 91.6 Å². The van der Waals surface area contributed by atoms with E-state index in [1.54, 1.807) is 0 Å². The number of carbonyl (C=O) groups is 2. The third-order valence-electron chi connectivity index (χ3n) is 10.6. The minimum absolute atomic E-state index is 0.0244. The Hall–Kier alpha value is -1.42. The number of hydrogen-bond donors (Lipinski definition) is 1. The average molecular weight is 441 g/mol. The summed E-state index contributed by atoms with van der Waals surface area (Å²) < 4.78 is 0. The maximum atomic E-state index is 13.5. The summed E-state index contributed by atoms with van der Waals surface area (Å²) in [5.41, 5.74) is 2.10. The first-order valence-electron chi connectivity index (χ1n) is 12.9. The van der Waals surface area contributed by atoms with Crippen LogP contribution in [0.2, 0.25) is 0 Å². The molecule has 178 valence electrons. The smallest absolute Gasteiger partial charge is 0.247 e. The van der Waals surface area contributed by atoms with Gasteiger partial charge < -0.3 is 10.2 Å². The van der Waals surface area contributed by atoms with E-state index in [2.05, 4.69) is 51.2 Å². The van der Waals surface area contributed by atoms with Gasteiger partial charge >= 0.3 is 0 Å². The molecule has 0 aromatic heterocycles. The maximum absolute atomic E-state index is 13.5. The Kier molecular flexibility index (Phi) is 6.24. The lowest BCUT2D eigenvalue weighted by atomic mass is 9.47. The molecule has 1 N–H and O–H groups in total. The fourth-order valence-electron chi connectivity index (χ4n) is 8.29. The average Bonchev–Trinajstić information content (AvgIpc) is 3.11. The standard InChI is InChI=1S/C28H44N2O2/c1-8-17(2)26(32)29-24-14-16-28(5)22-13-15-27(4)20(18(3)30(6)7)11-12-21(27)19(22)9-10-23(28)25(24)31/h8,10,18-22,24H,9,11-16H2,1-7H3,(H,29,32)/b17-8+/t18-,19-,20+,21-,22-,24-,27+,28+/m0/s1. The SMILES string of the molecule is C/C=C(\C)C(=O)N[C@H]1CC[C@@]2(C)C(=CC[C@H]3[C@@H]4CC[C@H]([C@H](C)N(C)C)[C@@]4(C)CC[C@@H]32)C1=O. The van der Waals surface area contributed by atoms with Crippen LogP contribution in [-0.4, -0.2) is 42.8 Å². The Bertz CT molecular complexity index is 842. The number of fused-ring (bicyclic) bond motifs is 5. The van der Waals surface area contributed by atoms with Gasteiger partial charge in [0.1, 0.15) is 0 Å². The molecule has 0 unspecified atom stereocenters. The van der Waals surface area contributed by atoms with Crippen molar-refractivity contribution in [1.29, 1.82) is 0 Å². The van der Waals surface area contributed by atoms with Gasteiger partial charge in [-0.2, -0.15) is 0 Å². The molecule has 0 heterocycles. The van der Waals surface area contributed by atoms with E-state index in [4.69, 9.17) is 0 Å². The molecule has 32 heavy (non-hydrogen) atoms. The highest BCUT2D eigenvalue weighted by atomic mass is 16.2. The molecule has 3 saturated carbocycles. The number of carbonyl (C=O) groups excluding carboxylic acids is 2. The number of nitrogens with one attached hydrogen (secondary N) is 1. The van der Waals surface area contributed by atoms with Crippen LogP contribution in [0.25, 0.3) is 0 Å². The molecule has 4 aliphatic rings. The van der Waals surface area contributed by atoms with Crippen LogP contribution < -0.4 is 5.32 Å². The van der Waals surface area contributed by atoms with Gasteiger partial charge in [-0.1, -0.05) is 26.0 Å². The van der Waals surface area contributed by atoms with E-state index in [0.717, 1.165) is 36.7 Å². The van der Waals surface area contributed by atoms with Gasteiger partial charge in [-0.05, 0) is 120 Å². The largest absolute Gasteiger partial charge is 0.342 e. The summed E-state index contributed by atoms with van der Waals surface area (Å²) in [4.78, 5) is 28.3. The van der Waals surface area contributed by atoms with Gasteiger partial charge in [-0.25, -0.2) is 0 Å². The van der Waals surface area contributed by atoms with Crippen molar-refractivity contribution in [1.82, 2.24) is 10.2 Å².